The first-order valence-corrected chi connectivity index (χ1v) is 3.03. The number of aromatic amines is 1. The monoisotopic (exact) mass is 156 g/mol. The third kappa shape index (κ3) is 1.04. The zero-order valence-corrected chi connectivity index (χ0v) is 6.21. The molecule has 0 saturated carbocycles. The average molecular weight is 156 g/mol. The van der Waals surface area contributed by atoms with Gasteiger partial charge in [0, 0.05) is 7.05 Å². The molecule has 0 atom stereocenters. The molecule has 0 fully saturated rings. The summed E-state index contributed by atoms with van der Waals surface area (Å²) in [6.07, 6.45) is 0. The second-order valence-corrected chi connectivity index (χ2v) is 2.27. The predicted octanol–water partition coefficient (Wildman–Crippen LogP) is -0.912. The largest absolute Gasteiger partial charge is 0.502 e. The third-order valence-corrected chi connectivity index (χ3v) is 1.46. The summed E-state index contributed by atoms with van der Waals surface area (Å²) >= 11 is 0. The second kappa shape index (κ2) is 2.26. The molecule has 0 aromatic carbocycles. The van der Waals surface area contributed by atoms with E-state index in [1.165, 1.54) is 14.0 Å². The highest BCUT2D eigenvalue weighted by atomic mass is 16.3. The van der Waals surface area contributed by atoms with Gasteiger partial charge in [-0.3, -0.25) is 9.36 Å². The molecule has 0 saturated heterocycles. The molecule has 0 spiro atoms. The molecular formula is C6H8N2O3. The Labute approximate surface area is 61.9 Å². The van der Waals surface area contributed by atoms with Crippen LogP contribution in [-0.2, 0) is 7.05 Å². The first-order valence-electron chi connectivity index (χ1n) is 3.03. The van der Waals surface area contributed by atoms with Gasteiger partial charge in [0.05, 0.1) is 5.69 Å². The number of aryl methyl sites for hydroxylation is 1. The van der Waals surface area contributed by atoms with Crippen molar-refractivity contribution in [1.29, 1.82) is 0 Å². The zero-order valence-electron chi connectivity index (χ0n) is 6.21. The smallest absolute Gasteiger partial charge is 0.328 e. The minimum absolute atomic E-state index is 0.193. The molecule has 0 radical (unpaired) electrons. The molecule has 0 aliphatic heterocycles. The van der Waals surface area contributed by atoms with Gasteiger partial charge in [0.1, 0.15) is 0 Å². The summed E-state index contributed by atoms with van der Waals surface area (Å²) in [6.45, 7) is 1.46. The molecule has 0 aliphatic carbocycles. The van der Waals surface area contributed by atoms with Crippen molar-refractivity contribution in [3.63, 3.8) is 0 Å². The molecular weight excluding hydrogens is 148 g/mol. The van der Waals surface area contributed by atoms with Gasteiger partial charge in [-0.25, -0.2) is 4.79 Å². The molecule has 1 heterocycles. The fraction of sp³-hybridized carbons (Fsp3) is 0.333. The Bertz CT molecular complexity index is 388. The predicted molar refractivity (Wildman–Crippen MR) is 38.7 cm³/mol. The Morgan fingerprint density at radius 2 is 2.00 bits per heavy atom. The number of hydrogen-bond donors (Lipinski definition) is 2. The summed E-state index contributed by atoms with van der Waals surface area (Å²) in [5, 5.41) is 9.01. The number of nitrogens with one attached hydrogen (secondary N) is 1. The molecule has 60 valence electrons. The van der Waals surface area contributed by atoms with Gasteiger partial charge in [0.15, 0.2) is 0 Å². The van der Waals surface area contributed by atoms with Gasteiger partial charge >= 0.3 is 5.69 Å². The van der Waals surface area contributed by atoms with Gasteiger partial charge < -0.3 is 10.1 Å². The Hall–Kier alpha value is -1.52. The lowest BCUT2D eigenvalue weighted by molar-refractivity contribution is 0.449. The van der Waals surface area contributed by atoms with Crippen LogP contribution in [0.5, 0.6) is 5.75 Å². The number of aromatic hydroxyl groups is 1. The van der Waals surface area contributed by atoms with Crippen LogP contribution in [0, 0.1) is 6.92 Å². The van der Waals surface area contributed by atoms with Gasteiger partial charge in [-0.05, 0) is 6.92 Å². The Morgan fingerprint density at radius 1 is 1.45 bits per heavy atom. The zero-order chi connectivity index (χ0) is 8.59. The summed E-state index contributed by atoms with van der Waals surface area (Å²) in [5.74, 6) is -0.410. The fourth-order valence-electron chi connectivity index (χ4n) is 0.715. The fourth-order valence-corrected chi connectivity index (χ4v) is 0.715. The maximum Gasteiger partial charge on any atom is 0.328 e. The lowest BCUT2D eigenvalue weighted by Gasteiger charge is -1.98. The van der Waals surface area contributed by atoms with Crippen molar-refractivity contribution >= 4 is 0 Å². The maximum atomic E-state index is 10.9. The van der Waals surface area contributed by atoms with E-state index in [1.807, 2.05) is 0 Å². The van der Waals surface area contributed by atoms with Crippen LogP contribution in [0.4, 0.5) is 0 Å². The van der Waals surface area contributed by atoms with Gasteiger partial charge in [-0.2, -0.15) is 0 Å². The van der Waals surface area contributed by atoms with E-state index in [-0.39, 0.29) is 5.69 Å². The Balaban J connectivity index is 3.74. The number of hydrogen-bond acceptors (Lipinski definition) is 3. The van der Waals surface area contributed by atoms with Crippen LogP contribution in [-0.4, -0.2) is 14.7 Å². The van der Waals surface area contributed by atoms with Gasteiger partial charge in [-0.15, -0.1) is 0 Å². The minimum atomic E-state index is -0.675. The molecule has 0 amide bonds. The average Bonchev–Trinajstić information content (AvgIpc) is 1.97. The van der Waals surface area contributed by atoms with Crippen molar-refractivity contribution in [2.45, 2.75) is 6.92 Å². The SMILES string of the molecule is Cc1[nH]c(=O)n(C)c(=O)c1O. The highest BCUT2D eigenvalue weighted by Crippen LogP contribution is 2.00. The molecule has 1 aromatic heterocycles. The molecule has 1 rings (SSSR count). The first-order chi connectivity index (χ1) is 5.04. The van der Waals surface area contributed by atoms with Crippen molar-refractivity contribution in [3.8, 4) is 5.75 Å². The summed E-state index contributed by atoms with van der Waals surface area (Å²) in [6, 6.07) is 0. The number of aromatic nitrogens is 2. The summed E-state index contributed by atoms with van der Waals surface area (Å²) in [5.41, 5.74) is -1.00. The van der Waals surface area contributed by atoms with E-state index in [4.69, 9.17) is 5.11 Å². The molecule has 0 bridgehead atoms. The van der Waals surface area contributed by atoms with Gasteiger partial charge in [-0.1, -0.05) is 0 Å². The van der Waals surface area contributed by atoms with E-state index in [1.54, 1.807) is 0 Å². The van der Waals surface area contributed by atoms with Crippen LogP contribution in [0.1, 0.15) is 5.69 Å². The van der Waals surface area contributed by atoms with Gasteiger partial charge in [0.2, 0.25) is 5.75 Å². The third-order valence-electron chi connectivity index (χ3n) is 1.46. The maximum absolute atomic E-state index is 10.9. The lowest BCUT2D eigenvalue weighted by Crippen LogP contribution is -2.32. The molecule has 5 nitrogen and oxygen atoms in total. The van der Waals surface area contributed by atoms with E-state index >= 15 is 0 Å². The lowest BCUT2D eigenvalue weighted by atomic mass is 10.4. The van der Waals surface area contributed by atoms with Crippen molar-refractivity contribution in [1.82, 2.24) is 9.55 Å². The quantitative estimate of drug-likeness (QED) is 0.510. The topological polar surface area (TPSA) is 75.1 Å². The normalized spacial score (nSPS) is 10.0. The molecule has 11 heavy (non-hydrogen) atoms. The standard InChI is InChI=1S/C6H8N2O3/c1-3-4(9)5(10)8(2)6(11)7-3/h9H,1-2H3,(H,7,11). The van der Waals surface area contributed by atoms with E-state index < -0.39 is 17.0 Å². The van der Waals surface area contributed by atoms with E-state index in [2.05, 4.69) is 4.98 Å². The molecule has 0 aliphatic rings. The van der Waals surface area contributed by atoms with Crippen molar-refractivity contribution in [3.05, 3.63) is 26.5 Å². The minimum Gasteiger partial charge on any atom is -0.502 e. The highest BCUT2D eigenvalue weighted by Gasteiger charge is 2.05. The number of nitrogens with zero attached hydrogens (tertiary/aromatic N) is 1. The summed E-state index contributed by atoms with van der Waals surface area (Å²) in [7, 11) is 1.29. The van der Waals surface area contributed by atoms with Crippen LogP contribution in [0.25, 0.3) is 0 Å². The van der Waals surface area contributed by atoms with Gasteiger partial charge in [0.25, 0.3) is 5.56 Å². The molecule has 5 heteroatoms. The van der Waals surface area contributed by atoms with Crippen molar-refractivity contribution in [2.24, 2.45) is 7.05 Å². The van der Waals surface area contributed by atoms with Crippen LogP contribution in [0.3, 0.4) is 0 Å². The van der Waals surface area contributed by atoms with Crippen molar-refractivity contribution in [2.75, 3.05) is 0 Å². The van der Waals surface area contributed by atoms with E-state index in [0.29, 0.717) is 0 Å². The van der Waals surface area contributed by atoms with Crippen LogP contribution in [0.2, 0.25) is 0 Å². The Kier molecular flexibility index (Phi) is 1.56. The first kappa shape index (κ1) is 7.59. The summed E-state index contributed by atoms with van der Waals surface area (Å²) < 4.78 is 0.808. The van der Waals surface area contributed by atoms with Crippen LogP contribution >= 0.6 is 0 Å². The second-order valence-electron chi connectivity index (χ2n) is 2.27. The molecule has 0 unspecified atom stereocenters. The van der Waals surface area contributed by atoms with Crippen molar-refractivity contribution < 1.29 is 5.11 Å². The van der Waals surface area contributed by atoms with Crippen LogP contribution in [0.15, 0.2) is 9.59 Å². The highest BCUT2D eigenvalue weighted by molar-refractivity contribution is 5.20. The van der Waals surface area contributed by atoms with E-state index in [9.17, 15) is 9.59 Å². The summed E-state index contributed by atoms with van der Waals surface area (Å²) in [4.78, 5) is 24.0. The molecule has 1 aromatic rings. The number of H-pyrrole nitrogens is 1. The molecule has 2 N–H and O–H groups in total. The van der Waals surface area contributed by atoms with E-state index in [0.717, 1.165) is 4.57 Å². The number of rotatable bonds is 0. The van der Waals surface area contributed by atoms with Crippen LogP contribution < -0.4 is 11.2 Å². The Morgan fingerprint density at radius 3 is 2.55 bits per heavy atom.